The topological polar surface area (TPSA) is 52.8 Å². The van der Waals surface area contributed by atoms with E-state index in [1.807, 2.05) is 54.6 Å². The van der Waals surface area contributed by atoms with Crippen LogP contribution in [0.4, 0.5) is 0 Å². The van der Waals surface area contributed by atoms with Crippen molar-refractivity contribution in [2.75, 3.05) is 12.4 Å². The van der Waals surface area contributed by atoms with Crippen LogP contribution in [0, 0.1) is 6.92 Å². The van der Waals surface area contributed by atoms with Crippen molar-refractivity contribution in [3.63, 3.8) is 0 Å². The van der Waals surface area contributed by atoms with Gasteiger partial charge in [-0.1, -0.05) is 47.7 Å². The molecular weight excluding hydrogens is 296 g/mol. The molecule has 0 aliphatic rings. The van der Waals surface area contributed by atoms with E-state index in [9.17, 15) is 0 Å². The number of aromatic nitrogens is 4. The lowest BCUT2D eigenvalue weighted by Gasteiger charge is -2.06. The van der Waals surface area contributed by atoms with Crippen molar-refractivity contribution in [1.29, 1.82) is 0 Å². The Kier molecular flexibility index (Phi) is 4.70. The fourth-order valence-corrected chi connectivity index (χ4v) is 2.63. The third-order valence-electron chi connectivity index (χ3n) is 3.05. The number of hydrogen-bond donors (Lipinski definition) is 0. The highest BCUT2D eigenvalue weighted by atomic mass is 32.2. The van der Waals surface area contributed by atoms with Crippen LogP contribution in [0.3, 0.4) is 0 Å². The number of rotatable bonds is 6. The van der Waals surface area contributed by atoms with E-state index in [4.69, 9.17) is 4.74 Å². The standard InChI is InChI=1S/C16H16N4OS/c1-13-7-9-15(10-8-13)21-11-12-22-16-17-18-19-20(16)14-5-3-2-4-6-14/h2-10H,11-12H2,1H3. The Labute approximate surface area is 133 Å². The van der Waals surface area contributed by atoms with Gasteiger partial charge in [-0.2, -0.15) is 4.68 Å². The number of tetrazole rings is 1. The first-order valence-corrected chi connectivity index (χ1v) is 7.97. The van der Waals surface area contributed by atoms with Crippen LogP contribution >= 0.6 is 11.8 Å². The molecule has 5 nitrogen and oxygen atoms in total. The van der Waals surface area contributed by atoms with Crippen molar-refractivity contribution < 1.29 is 4.74 Å². The van der Waals surface area contributed by atoms with Crippen molar-refractivity contribution in [1.82, 2.24) is 20.2 Å². The van der Waals surface area contributed by atoms with Gasteiger partial charge in [0.1, 0.15) is 5.75 Å². The van der Waals surface area contributed by atoms with Gasteiger partial charge < -0.3 is 4.74 Å². The molecule has 0 unspecified atom stereocenters. The van der Waals surface area contributed by atoms with E-state index in [1.54, 1.807) is 16.4 Å². The van der Waals surface area contributed by atoms with Crippen LogP contribution in [0.5, 0.6) is 5.75 Å². The highest BCUT2D eigenvalue weighted by Crippen LogP contribution is 2.18. The Hall–Kier alpha value is -2.34. The van der Waals surface area contributed by atoms with Crippen molar-refractivity contribution in [2.24, 2.45) is 0 Å². The number of thioether (sulfide) groups is 1. The van der Waals surface area contributed by atoms with E-state index in [-0.39, 0.29) is 0 Å². The van der Waals surface area contributed by atoms with Gasteiger partial charge in [0.2, 0.25) is 5.16 Å². The van der Waals surface area contributed by atoms with Crippen LogP contribution in [0.2, 0.25) is 0 Å². The minimum Gasteiger partial charge on any atom is -0.493 e. The number of para-hydroxylation sites is 1. The number of benzene rings is 2. The molecule has 0 saturated carbocycles. The maximum Gasteiger partial charge on any atom is 0.214 e. The lowest BCUT2D eigenvalue weighted by Crippen LogP contribution is -2.03. The summed E-state index contributed by atoms with van der Waals surface area (Å²) in [7, 11) is 0. The van der Waals surface area contributed by atoms with E-state index in [2.05, 4.69) is 22.4 Å². The first-order valence-electron chi connectivity index (χ1n) is 6.99. The Morgan fingerprint density at radius 3 is 2.59 bits per heavy atom. The van der Waals surface area contributed by atoms with Crippen LogP contribution in [0.25, 0.3) is 5.69 Å². The summed E-state index contributed by atoms with van der Waals surface area (Å²) in [5, 5.41) is 12.6. The fraction of sp³-hybridized carbons (Fsp3) is 0.188. The van der Waals surface area contributed by atoms with Gasteiger partial charge in [-0.05, 0) is 41.6 Å². The average molecular weight is 312 g/mol. The van der Waals surface area contributed by atoms with Crippen LogP contribution in [-0.4, -0.2) is 32.6 Å². The minimum absolute atomic E-state index is 0.607. The van der Waals surface area contributed by atoms with Crippen molar-refractivity contribution >= 4 is 11.8 Å². The van der Waals surface area contributed by atoms with E-state index in [0.29, 0.717) is 6.61 Å². The quantitative estimate of drug-likeness (QED) is 0.517. The van der Waals surface area contributed by atoms with Crippen LogP contribution in [-0.2, 0) is 0 Å². The molecule has 0 atom stereocenters. The van der Waals surface area contributed by atoms with Gasteiger partial charge in [-0.25, -0.2) is 0 Å². The number of nitrogens with zero attached hydrogens (tertiary/aromatic N) is 4. The number of ether oxygens (including phenoxy) is 1. The first kappa shape index (κ1) is 14.6. The largest absolute Gasteiger partial charge is 0.493 e. The van der Waals surface area contributed by atoms with Crippen molar-refractivity contribution in [3.8, 4) is 11.4 Å². The van der Waals surface area contributed by atoms with Crippen LogP contribution in [0.15, 0.2) is 59.8 Å². The summed E-state index contributed by atoms with van der Waals surface area (Å²) >= 11 is 1.57. The number of aryl methyl sites for hydroxylation is 1. The zero-order valence-electron chi connectivity index (χ0n) is 12.2. The maximum absolute atomic E-state index is 5.71. The lowest BCUT2D eigenvalue weighted by molar-refractivity contribution is 0.344. The van der Waals surface area contributed by atoms with Gasteiger partial charge in [0.25, 0.3) is 0 Å². The van der Waals surface area contributed by atoms with Gasteiger partial charge in [0.15, 0.2) is 0 Å². The molecule has 0 aliphatic heterocycles. The first-order chi connectivity index (χ1) is 10.8. The van der Waals surface area contributed by atoms with Gasteiger partial charge in [0, 0.05) is 5.75 Å². The Bertz CT molecular complexity index is 713. The summed E-state index contributed by atoms with van der Waals surface area (Å²) in [5.41, 5.74) is 2.18. The molecule has 0 saturated heterocycles. The highest BCUT2D eigenvalue weighted by Gasteiger charge is 2.08. The monoisotopic (exact) mass is 312 g/mol. The summed E-state index contributed by atoms with van der Waals surface area (Å²) in [4.78, 5) is 0. The Morgan fingerprint density at radius 2 is 1.82 bits per heavy atom. The average Bonchev–Trinajstić information content (AvgIpc) is 3.02. The van der Waals surface area contributed by atoms with Crippen molar-refractivity contribution in [2.45, 2.75) is 12.1 Å². The summed E-state index contributed by atoms with van der Waals surface area (Å²) in [6, 6.07) is 17.9. The third-order valence-corrected chi connectivity index (χ3v) is 3.93. The molecule has 2 aromatic carbocycles. The minimum atomic E-state index is 0.607. The SMILES string of the molecule is Cc1ccc(OCCSc2nnnn2-c2ccccc2)cc1. The van der Waals surface area contributed by atoms with Gasteiger partial charge in [-0.15, -0.1) is 5.10 Å². The molecular formula is C16H16N4OS. The van der Waals surface area contributed by atoms with Crippen LogP contribution in [0.1, 0.15) is 5.56 Å². The van der Waals surface area contributed by atoms with E-state index < -0.39 is 0 Å². The molecule has 112 valence electrons. The Morgan fingerprint density at radius 1 is 1.05 bits per heavy atom. The second-order valence-corrected chi connectivity index (χ2v) is 5.78. The summed E-state index contributed by atoms with van der Waals surface area (Å²) in [6.07, 6.45) is 0. The molecule has 22 heavy (non-hydrogen) atoms. The highest BCUT2D eigenvalue weighted by molar-refractivity contribution is 7.99. The molecule has 0 spiro atoms. The predicted octanol–water partition coefficient (Wildman–Crippen LogP) is 3.14. The molecule has 3 rings (SSSR count). The second kappa shape index (κ2) is 7.09. The maximum atomic E-state index is 5.71. The van der Waals surface area contributed by atoms with Crippen molar-refractivity contribution in [3.05, 3.63) is 60.2 Å². The summed E-state index contributed by atoms with van der Waals surface area (Å²) in [6.45, 7) is 2.67. The fourth-order valence-electron chi connectivity index (χ4n) is 1.93. The molecule has 0 aliphatic carbocycles. The summed E-state index contributed by atoms with van der Waals surface area (Å²) < 4.78 is 7.44. The molecule has 0 N–H and O–H groups in total. The molecule has 0 bridgehead atoms. The third kappa shape index (κ3) is 3.65. The molecule has 0 amide bonds. The number of hydrogen-bond acceptors (Lipinski definition) is 5. The molecule has 0 radical (unpaired) electrons. The zero-order valence-corrected chi connectivity index (χ0v) is 13.0. The molecule has 6 heteroatoms. The molecule has 0 fully saturated rings. The van der Waals surface area contributed by atoms with Crippen LogP contribution < -0.4 is 4.74 Å². The van der Waals surface area contributed by atoms with Gasteiger partial charge in [-0.3, -0.25) is 0 Å². The van der Waals surface area contributed by atoms with Gasteiger partial charge >= 0.3 is 0 Å². The smallest absolute Gasteiger partial charge is 0.214 e. The van der Waals surface area contributed by atoms with Gasteiger partial charge in [0.05, 0.1) is 12.3 Å². The molecule has 1 aromatic heterocycles. The summed E-state index contributed by atoms with van der Waals surface area (Å²) in [5.74, 6) is 1.66. The zero-order chi connectivity index (χ0) is 15.2. The van der Waals surface area contributed by atoms with E-state index >= 15 is 0 Å². The second-order valence-electron chi connectivity index (χ2n) is 4.72. The lowest BCUT2D eigenvalue weighted by atomic mass is 10.2. The normalized spacial score (nSPS) is 10.6. The predicted molar refractivity (Wildman–Crippen MR) is 86.6 cm³/mol. The van der Waals surface area contributed by atoms with E-state index in [0.717, 1.165) is 22.3 Å². The Balaban J connectivity index is 1.54. The van der Waals surface area contributed by atoms with E-state index in [1.165, 1.54) is 5.56 Å². The molecule has 3 aromatic rings. The molecule has 1 heterocycles.